The van der Waals surface area contributed by atoms with Crippen LogP contribution in [-0.2, 0) is 17.5 Å². The van der Waals surface area contributed by atoms with Gasteiger partial charge < -0.3 is 28.3 Å². The normalized spacial score (nSPS) is 20.9. The summed E-state index contributed by atoms with van der Waals surface area (Å²) in [6.07, 6.45) is 14.0. The largest absolute Gasteiger partial charge is 0.456 e. The summed E-state index contributed by atoms with van der Waals surface area (Å²) >= 11 is 0. The van der Waals surface area contributed by atoms with Gasteiger partial charge in [0.25, 0.3) is 0 Å². The molecule has 8 saturated carbocycles. The van der Waals surface area contributed by atoms with Crippen LogP contribution in [0.2, 0.25) is 0 Å². The van der Waals surface area contributed by atoms with Gasteiger partial charge in [-0.3, -0.25) is 4.57 Å². The Labute approximate surface area is 842 Å². The number of aliphatic imine (C=N–C) groups is 2. The average molecular weight is 1880 g/mol. The lowest BCUT2D eigenvalue weighted by atomic mass is 9.43. The zero-order valence-corrected chi connectivity index (χ0v) is 80.4. The molecule has 2 N–H and O–H groups in total. The molecule has 8 fully saturated rings. The van der Waals surface area contributed by atoms with Gasteiger partial charge in [-0.1, -0.05) is 267 Å². The fraction of sp³-hybridized carbons (Fsp3) is 0.157. The van der Waals surface area contributed by atoms with E-state index in [0.29, 0.717) is 35.9 Å². The highest BCUT2D eigenvalue weighted by atomic mass is 16.3. The second-order valence-electron chi connectivity index (χ2n) is 43.1. The maximum absolute atomic E-state index is 6.76. The Morgan fingerprint density at radius 2 is 0.658 bits per heavy atom. The van der Waals surface area contributed by atoms with Gasteiger partial charge in [-0.05, 0) is 312 Å². The molecule has 0 amide bonds. The molecule has 0 unspecified atom stereocenters. The Balaban J connectivity index is 0.000000130. The maximum atomic E-state index is 6.76. The first-order valence-corrected chi connectivity index (χ1v) is 52.4. The van der Waals surface area contributed by atoms with Gasteiger partial charge in [0.2, 0.25) is 5.95 Å². The number of benzene rings is 18. The monoisotopic (exact) mass is 1880 g/mol. The smallest absolute Gasteiger partial charge is 0.238 e. The molecule has 146 heavy (non-hydrogen) atoms. The van der Waals surface area contributed by atoms with E-state index >= 15 is 0 Å². The van der Waals surface area contributed by atoms with Gasteiger partial charge in [0.1, 0.15) is 34.8 Å². The Kier molecular flexibility index (Phi) is 17.8. The Morgan fingerprint density at radius 1 is 0.281 bits per heavy atom. The zero-order chi connectivity index (χ0) is 95.5. The van der Waals surface area contributed by atoms with Gasteiger partial charge in [-0.15, -0.1) is 0 Å². The minimum Gasteiger partial charge on any atom is -0.456 e. The molecule has 12 nitrogen and oxygen atoms in total. The maximum Gasteiger partial charge on any atom is 0.238 e. The van der Waals surface area contributed by atoms with Crippen molar-refractivity contribution >= 4 is 143 Å². The summed E-state index contributed by atoms with van der Waals surface area (Å²) in [6.45, 7) is 0.324. The van der Waals surface area contributed by atoms with Crippen molar-refractivity contribution < 1.29 is 8.83 Å². The highest BCUT2D eigenvalue weighted by Crippen LogP contribution is 2.72. The summed E-state index contributed by atoms with van der Waals surface area (Å²) in [5.41, 5.74) is 42.4. The second-order valence-corrected chi connectivity index (χ2v) is 43.1. The number of hydrogen-bond donors (Lipinski definition) is 1. The Morgan fingerprint density at radius 3 is 1.19 bits per heavy atom. The molecule has 8 bridgehead atoms. The molecule has 7 heterocycles. The van der Waals surface area contributed by atoms with Crippen LogP contribution in [0.4, 0.5) is 0 Å². The van der Waals surface area contributed by atoms with Gasteiger partial charge in [0.15, 0.2) is 17.5 Å². The fourth-order valence-corrected chi connectivity index (χ4v) is 30.4. The van der Waals surface area contributed by atoms with Crippen molar-refractivity contribution in [2.24, 2.45) is 63.1 Å². The Hall–Kier alpha value is -17.1. The molecule has 10 aliphatic rings. The van der Waals surface area contributed by atoms with Crippen LogP contribution in [0.25, 0.3) is 216 Å². The van der Waals surface area contributed by atoms with Crippen LogP contribution in [0.1, 0.15) is 97.6 Å². The molecule has 35 rings (SSSR count). The van der Waals surface area contributed by atoms with Gasteiger partial charge >= 0.3 is 0 Å². The van der Waals surface area contributed by atoms with E-state index in [4.69, 9.17) is 39.5 Å². The second kappa shape index (κ2) is 31.5. The van der Waals surface area contributed by atoms with E-state index in [1.807, 2.05) is 109 Å². The molecule has 0 atom stereocenters. The third-order valence-electron chi connectivity index (χ3n) is 35.8. The molecule has 12 heteroatoms. The van der Waals surface area contributed by atoms with Crippen molar-refractivity contribution in [3.63, 3.8) is 0 Å². The number of nitrogens with two attached hydrogens (primary N) is 1. The van der Waals surface area contributed by atoms with Crippen LogP contribution >= 0.6 is 0 Å². The summed E-state index contributed by atoms with van der Waals surface area (Å²) in [6, 6.07) is 146. The molecule has 18 aromatic carbocycles. The third kappa shape index (κ3) is 12.0. The topological polar surface area (TPSA) is 135 Å². The predicted octanol–water partition coefficient (Wildman–Crippen LogP) is 32.7. The van der Waals surface area contributed by atoms with Gasteiger partial charge in [-0.25, -0.2) is 15.0 Å². The van der Waals surface area contributed by atoms with Crippen molar-refractivity contribution in [1.82, 2.24) is 33.2 Å². The molecular weight excluding hydrogens is 1780 g/mol. The number of aromatic nitrogens is 7. The summed E-state index contributed by atoms with van der Waals surface area (Å²) in [5, 5.41) is 13.9. The van der Waals surface area contributed by atoms with E-state index in [9.17, 15) is 0 Å². The summed E-state index contributed by atoms with van der Waals surface area (Å²) in [4.78, 5) is 26.0. The van der Waals surface area contributed by atoms with Crippen LogP contribution in [0, 0.1) is 47.3 Å². The quantitative estimate of drug-likeness (QED) is 0.101. The van der Waals surface area contributed by atoms with Crippen LogP contribution in [0.15, 0.2) is 419 Å². The van der Waals surface area contributed by atoms with E-state index in [1.54, 1.807) is 22.3 Å². The molecule has 25 aromatic rings. The van der Waals surface area contributed by atoms with E-state index in [0.717, 1.165) is 152 Å². The first-order chi connectivity index (χ1) is 72.2. The standard InChI is InChI=1S/C67H47N5O.C67H51N5O/c1-2-12-41(13-3-1)64-68-65(44-24-29-63-55(37-44)52-17-7-11-21-62(52)73-63)70-66(69-64)72-59-20-10-6-16-51(59)54-36-43(23-28-61(54)72)42-22-27-60-53(35-42)50-15-5-9-19-58(50)71(60)47-25-26-49-48-14-4-8-18-56(48)67(57(49)38-47)45-31-39-30-40(33-45)34-46(67)32-39;68-65(42-13-2-1-3-14-42)70-66(54-20-12-19-53-52-18-7-11-24-63(52)73-64(53)54)69-39-71-59-22-9-5-16-50(59)55-36-43(25-29-60(55)71)44-26-30-62-56(37-44)51-17-6-10-23-61(51)72(62)47-27-28-49-48-15-4-8-21-57(48)67(58(49)38-47)45-32-40-31-41(34-45)35-46(67)33-40/h1-29,35-40,45-46H,30-34H2;1-30,36-38,40-41,45-46H,31-35,39H2,(H2,68,69,70). The lowest BCUT2D eigenvalue weighted by molar-refractivity contribution is -0.0399. The van der Waals surface area contributed by atoms with Gasteiger partial charge in [0.05, 0.1) is 49.7 Å². The van der Waals surface area contributed by atoms with Crippen molar-refractivity contribution in [3.05, 3.63) is 434 Å². The molecule has 696 valence electrons. The number of para-hydroxylation sites is 7. The van der Waals surface area contributed by atoms with E-state index in [-0.39, 0.29) is 10.8 Å². The summed E-state index contributed by atoms with van der Waals surface area (Å²) < 4.78 is 22.3. The average Bonchev–Trinajstić information content (AvgIpc) is 1.50. The van der Waals surface area contributed by atoms with Crippen LogP contribution in [-0.4, -0.2) is 44.9 Å². The molecular formula is C134H98N10O2. The van der Waals surface area contributed by atoms with Crippen LogP contribution < -0.4 is 5.73 Å². The third-order valence-corrected chi connectivity index (χ3v) is 35.8. The number of fused-ring (bicyclic) bond motifs is 24. The molecule has 0 aliphatic heterocycles. The summed E-state index contributed by atoms with van der Waals surface area (Å²) in [5.74, 6) is 9.22. The molecule has 7 aromatic heterocycles. The van der Waals surface area contributed by atoms with E-state index in [2.05, 4.69) is 309 Å². The first-order valence-electron chi connectivity index (χ1n) is 52.4. The van der Waals surface area contributed by atoms with Crippen molar-refractivity contribution in [1.29, 1.82) is 0 Å². The number of amidine groups is 2. The SMILES string of the molecule is NC(=NC(=NCn1c2ccccc2c2cc(-c3ccc4c(c3)c3ccccc3n4-c3ccc4c(c3)C3(c5ccccc5-4)C4CC5CC(C4)CC3C5)ccc21)c1cccc2c1oc1ccccc12)c1ccccc1.c1ccc(-c2nc(-c3ccc4oc5ccccc5c4c3)nc(-n3c4ccccc4c4cc(-c5ccc6c(c5)c5ccccc5n6-c5ccc6c(c5)C5(c7ccccc7-6)C6CC7CC(C6)CC5C7)ccc43)n2)cc1. The van der Waals surface area contributed by atoms with Crippen molar-refractivity contribution in [2.75, 3.05) is 0 Å². The minimum atomic E-state index is 0.115. The van der Waals surface area contributed by atoms with E-state index < -0.39 is 0 Å². The summed E-state index contributed by atoms with van der Waals surface area (Å²) in [7, 11) is 0. The van der Waals surface area contributed by atoms with Crippen molar-refractivity contribution in [3.8, 4) is 84.6 Å². The first kappa shape index (κ1) is 82.5. The molecule has 0 saturated heterocycles. The predicted molar refractivity (Wildman–Crippen MR) is 595 cm³/mol. The fourth-order valence-electron chi connectivity index (χ4n) is 30.4. The van der Waals surface area contributed by atoms with Crippen molar-refractivity contribution in [2.45, 2.75) is 81.7 Å². The minimum absolute atomic E-state index is 0.115. The Bertz CT molecular complexity index is 9890. The number of furan rings is 2. The molecule has 2 spiro atoms. The molecule has 0 radical (unpaired) electrons. The lowest BCUT2D eigenvalue weighted by Gasteiger charge is -2.61. The highest BCUT2D eigenvalue weighted by molar-refractivity contribution is 6.20. The lowest BCUT2D eigenvalue weighted by Crippen LogP contribution is -2.55. The molecule has 10 aliphatic carbocycles. The number of rotatable bonds is 11. The van der Waals surface area contributed by atoms with E-state index in [1.165, 1.54) is 169 Å². The van der Waals surface area contributed by atoms with Gasteiger partial charge in [-0.2, -0.15) is 9.97 Å². The highest BCUT2D eigenvalue weighted by Gasteiger charge is 2.63. The van der Waals surface area contributed by atoms with Crippen LogP contribution in [0.5, 0.6) is 0 Å². The number of nitrogens with zero attached hydrogens (tertiary/aromatic N) is 9. The number of hydrogen-bond acceptors (Lipinski definition) is 6. The van der Waals surface area contributed by atoms with Gasteiger partial charge in [0, 0.05) is 104 Å². The zero-order valence-electron chi connectivity index (χ0n) is 80.4. The van der Waals surface area contributed by atoms with Crippen LogP contribution in [0.3, 0.4) is 0 Å².